The molecule has 0 fully saturated rings. The highest BCUT2D eigenvalue weighted by Crippen LogP contribution is 2.27. The van der Waals surface area contributed by atoms with Gasteiger partial charge in [-0.15, -0.1) is 0 Å². The molecule has 6 heteroatoms. The molecule has 0 spiro atoms. The molecule has 1 heterocycles. The summed E-state index contributed by atoms with van der Waals surface area (Å²) in [5, 5.41) is 0. The molecule has 6 nitrogen and oxygen atoms in total. The Labute approximate surface area is 168 Å². The van der Waals surface area contributed by atoms with Gasteiger partial charge in [-0.05, 0) is 37.6 Å². The van der Waals surface area contributed by atoms with E-state index in [0.29, 0.717) is 16.9 Å². The first kappa shape index (κ1) is 20.1. The number of carbonyl (C=O) groups is 2. The molecule has 1 aromatic heterocycles. The number of hydrogen-bond acceptors (Lipinski definition) is 5. The summed E-state index contributed by atoms with van der Waals surface area (Å²) in [5.74, 6) is -1.41. The largest absolute Gasteiger partial charge is 0.462 e. The summed E-state index contributed by atoms with van der Waals surface area (Å²) in [6.07, 6.45) is 0. The maximum Gasteiger partial charge on any atom is 0.343 e. The molecule has 0 aliphatic heterocycles. The van der Waals surface area contributed by atoms with E-state index in [1.807, 2.05) is 24.3 Å². The summed E-state index contributed by atoms with van der Waals surface area (Å²) in [6, 6.07) is 19.1. The van der Waals surface area contributed by atoms with Crippen molar-refractivity contribution >= 4 is 11.9 Å². The van der Waals surface area contributed by atoms with Crippen molar-refractivity contribution in [2.75, 3.05) is 13.2 Å². The van der Waals surface area contributed by atoms with Crippen molar-refractivity contribution in [2.24, 2.45) is 0 Å². The molecule has 29 heavy (non-hydrogen) atoms. The number of aromatic nitrogens is 1. The van der Waals surface area contributed by atoms with Gasteiger partial charge < -0.3 is 9.47 Å². The van der Waals surface area contributed by atoms with E-state index in [4.69, 9.17) is 9.47 Å². The normalized spacial score (nSPS) is 10.4. The van der Waals surface area contributed by atoms with Crippen LogP contribution in [0.15, 0.2) is 71.5 Å². The van der Waals surface area contributed by atoms with Gasteiger partial charge in [-0.25, -0.2) is 9.59 Å². The average Bonchev–Trinajstić information content (AvgIpc) is 2.74. The van der Waals surface area contributed by atoms with Gasteiger partial charge in [0.25, 0.3) is 5.56 Å². The minimum atomic E-state index is -0.785. The second-order valence-electron chi connectivity index (χ2n) is 6.10. The molecule has 0 saturated carbocycles. The van der Waals surface area contributed by atoms with E-state index in [9.17, 15) is 14.4 Å². The Morgan fingerprint density at radius 3 is 1.86 bits per heavy atom. The van der Waals surface area contributed by atoms with Crippen LogP contribution in [0.4, 0.5) is 0 Å². The fraction of sp³-hybridized carbons (Fsp3) is 0.174. The van der Waals surface area contributed by atoms with Gasteiger partial charge in [0.1, 0.15) is 5.56 Å². The molecule has 148 valence electrons. The molecule has 0 amide bonds. The third-order valence-electron chi connectivity index (χ3n) is 4.25. The summed E-state index contributed by atoms with van der Waals surface area (Å²) in [6.45, 7) is 3.61. The number of rotatable bonds is 6. The zero-order valence-electron chi connectivity index (χ0n) is 16.3. The van der Waals surface area contributed by atoms with Crippen LogP contribution in [0.5, 0.6) is 0 Å². The fourth-order valence-corrected chi connectivity index (χ4v) is 3.04. The minimum Gasteiger partial charge on any atom is -0.462 e. The minimum absolute atomic E-state index is 0.110. The van der Waals surface area contributed by atoms with Crippen molar-refractivity contribution in [3.63, 3.8) is 0 Å². The zero-order chi connectivity index (χ0) is 20.8. The van der Waals surface area contributed by atoms with Crippen molar-refractivity contribution in [1.29, 1.82) is 0 Å². The molecule has 0 bridgehead atoms. The van der Waals surface area contributed by atoms with E-state index < -0.39 is 17.5 Å². The van der Waals surface area contributed by atoms with Crippen molar-refractivity contribution < 1.29 is 19.1 Å². The van der Waals surface area contributed by atoms with E-state index in [2.05, 4.69) is 0 Å². The van der Waals surface area contributed by atoms with Crippen LogP contribution < -0.4 is 5.56 Å². The number of nitrogens with zero attached hydrogens (tertiary/aromatic N) is 1. The lowest BCUT2D eigenvalue weighted by Gasteiger charge is -2.18. The summed E-state index contributed by atoms with van der Waals surface area (Å²) < 4.78 is 11.6. The Bertz CT molecular complexity index is 1070. The SMILES string of the molecule is CCOC(=O)c1cc(C(=O)OCC)c(=O)n(-c2ccccc2)c1-c1ccccc1. The molecule has 0 atom stereocenters. The average molecular weight is 391 g/mol. The molecule has 3 rings (SSSR count). The van der Waals surface area contributed by atoms with E-state index in [0.717, 1.165) is 0 Å². The van der Waals surface area contributed by atoms with Gasteiger partial charge in [0, 0.05) is 5.69 Å². The number of benzene rings is 2. The van der Waals surface area contributed by atoms with E-state index >= 15 is 0 Å². The fourth-order valence-electron chi connectivity index (χ4n) is 3.04. The predicted molar refractivity (Wildman–Crippen MR) is 109 cm³/mol. The molecule has 0 N–H and O–H groups in total. The molecule has 0 radical (unpaired) electrons. The second-order valence-corrected chi connectivity index (χ2v) is 6.10. The number of esters is 2. The van der Waals surface area contributed by atoms with E-state index in [1.165, 1.54) is 10.6 Å². The molecular formula is C23H21NO5. The lowest BCUT2D eigenvalue weighted by Crippen LogP contribution is -2.30. The van der Waals surface area contributed by atoms with Gasteiger partial charge in [0.05, 0.1) is 24.5 Å². The number of hydrogen-bond donors (Lipinski definition) is 0. The van der Waals surface area contributed by atoms with Crippen LogP contribution in [0.25, 0.3) is 16.9 Å². The number of carbonyl (C=O) groups excluding carboxylic acids is 2. The third-order valence-corrected chi connectivity index (χ3v) is 4.25. The monoisotopic (exact) mass is 391 g/mol. The van der Waals surface area contributed by atoms with Crippen LogP contribution in [0, 0.1) is 0 Å². The van der Waals surface area contributed by atoms with Crippen LogP contribution in [-0.2, 0) is 9.47 Å². The van der Waals surface area contributed by atoms with Crippen LogP contribution >= 0.6 is 0 Å². The molecule has 0 saturated heterocycles. The lowest BCUT2D eigenvalue weighted by atomic mass is 10.0. The predicted octanol–water partition coefficient (Wildman–Crippen LogP) is 3.86. The highest BCUT2D eigenvalue weighted by Gasteiger charge is 2.26. The summed E-state index contributed by atoms with van der Waals surface area (Å²) >= 11 is 0. The smallest absolute Gasteiger partial charge is 0.343 e. The molecule has 3 aromatic rings. The number of ether oxygens (including phenoxy) is 2. The van der Waals surface area contributed by atoms with E-state index in [-0.39, 0.29) is 24.3 Å². The summed E-state index contributed by atoms with van der Waals surface area (Å²) in [5.41, 5.74) is 0.845. The Kier molecular flexibility index (Phi) is 6.24. The van der Waals surface area contributed by atoms with Gasteiger partial charge in [0.15, 0.2) is 0 Å². The molecular weight excluding hydrogens is 370 g/mol. The van der Waals surface area contributed by atoms with Crippen LogP contribution in [-0.4, -0.2) is 29.7 Å². The second kappa shape index (κ2) is 9.01. The molecule has 0 unspecified atom stereocenters. The highest BCUT2D eigenvalue weighted by molar-refractivity contribution is 6.00. The molecule has 0 aliphatic carbocycles. The Hall–Kier alpha value is -3.67. The zero-order valence-corrected chi connectivity index (χ0v) is 16.3. The lowest BCUT2D eigenvalue weighted by molar-refractivity contribution is 0.0523. The van der Waals surface area contributed by atoms with Gasteiger partial charge >= 0.3 is 11.9 Å². The van der Waals surface area contributed by atoms with Crippen molar-refractivity contribution in [3.8, 4) is 16.9 Å². The number of pyridine rings is 1. The Balaban J connectivity index is 2.43. The van der Waals surface area contributed by atoms with Crippen LogP contribution in [0.3, 0.4) is 0 Å². The summed E-state index contributed by atoms with van der Waals surface area (Å²) in [4.78, 5) is 38.5. The third kappa shape index (κ3) is 4.11. The van der Waals surface area contributed by atoms with Crippen molar-refractivity contribution in [3.05, 3.63) is 88.2 Å². The maximum absolute atomic E-state index is 13.3. The van der Waals surface area contributed by atoms with Gasteiger partial charge in [0.2, 0.25) is 0 Å². The quantitative estimate of drug-likeness (QED) is 0.597. The van der Waals surface area contributed by atoms with Gasteiger partial charge in [-0.3, -0.25) is 9.36 Å². The molecule has 0 aliphatic rings. The number of para-hydroxylation sites is 1. The van der Waals surface area contributed by atoms with Gasteiger partial charge in [-0.2, -0.15) is 0 Å². The molecule has 2 aromatic carbocycles. The van der Waals surface area contributed by atoms with Crippen molar-refractivity contribution in [1.82, 2.24) is 4.57 Å². The Morgan fingerprint density at radius 1 is 0.793 bits per heavy atom. The Morgan fingerprint density at radius 2 is 1.31 bits per heavy atom. The standard InChI is InChI=1S/C23H21NO5/c1-3-28-22(26)18-15-19(23(27)29-4-2)21(25)24(17-13-9-6-10-14-17)20(18)16-11-7-5-8-12-16/h5-15H,3-4H2,1-2H3. The maximum atomic E-state index is 13.3. The van der Waals surface area contributed by atoms with E-state index in [1.54, 1.807) is 50.2 Å². The first-order chi connectivity index (χ1) is 14.1. The first-order valence-electron chi connectivity index (χ1n) is 9.33. The van der Waals surface area contributed by atoms with Crippen LogP contribution in [0.2, 0.25) is 0 Å². The van der Waals surface area contributed by atoms with Crippen molar-refractivity contribution in [2.45, 2.75) is 13.8 Å². The van der Waals surface area contributed by atoms with Gasteiger partial charge in [-0.1, -0.05) is 48.5 Å². The highest BCUT2D eigenvalue weighted by atomic mass is 16.5. The topological polar surface area (TPSA) is 74.6 Å². The van der Waals surface area contributed by atoms with Crippen LogP contribution in [0.1, 0.15) is 34.6 Å². The first-order valence-corrected chi connectivity index (χ1v) is 9.33. The summed E-state index contributed by atoms with van der Waals surface area (Å²) in [7, 11) is 0.